The lowest BCUT2D eigenvalue weighted by atomic mass is 9.95. The van der Waals surface area contributed by atoms with E-state index in [1.54, 1.807) is 0 Å². The van der Waals surface area contributed by atoms with Crippen molar-refractivity contribution in [2.24, 2.45) is 23.7 Å². The lowest BCUT2D eigenvalue weighted by Crippen LogP contribution is -2.47. The number of nitrogens with one attached hydrogen (secondary N) is 1. The standard InChI is InChI=1S/C17H30N6O.HI/c1-3-19-17(20-8-4-6-15-11-21-22(2)12-15)23-9-5-7-14(13-23)10-16(18)24;/h11-12,14H,3-10,13H2,1-2H3,(H2,18,24)(H,19,20);1H. The number of piperidine rings is 1. The molecule has 0 radical (unpaired) electrons. The van der Waals surface area contributed by atoms with Crippen LogP contribution in [0.25, 0.3) is 0 Å². The quantitative estimate of drug-likeness (QED) is 0.279. The molecular formula is C17H31IN6O. The average Bonchev–Trinajstić information content (AvgIpc) is 2.95. The molecule has 1 aliphatic rings. The second-order valence-corrected chi connectivity index (χ2v) is 6.49. The maximum Gasteiger partial charge on any atom is 0.217 e. The molecule has 1 unspecified atom stereocenters. The molecule has 1 atom stereocenters. The summed E-state index contributed by atoms with van der Waals surface area (Å²) in [7, 11) is 1.93. The first-order valence-corrected chi connectivity index (χ1v) is 8.87. The highest BCUT2D eigenvalue weighted by molar-refractivity contribution is 14.0. The van der Waals surface area contributed by atoms with Crippen molar-refractivity contribution >= 4 is 35.8 Å². The number of carbonyl (C=O) groups excluding carboxylic acids is 1. The van der Waals surface area contributed by atoms with E-state index in [1.165, 1.54) is 5.56 Å². The van der Waals surface area contributed by atoms with Crippen LogP contribution in [0.1, 0.15) is 38.2 Å². The van der Waals surface area contributed by atoms with E-state index in [2.05, 4.69) is 22.2 Å². The van der Waals surface area contributed by atoms with Crippen LogP contribution >= 0.6 is 24.0 Å². The summed E-state index contributed by atoms with van der Waals surface area (Å²) in [6.07, 6.45) is 8.57. The summed E-state index contributed by atoms with van der Waals surface area (Å²) in [6.45, 7) is 5.56. The molecular weight excluding hydrogens is 431 g/mol. The van der Waals surface area contributed by atoms with E-state index in [1.807, 2.05) is 24.1 Å². The van der Waals surface area contributed by atoms with Crippen molar-refractivity contribution in [3.05, 3.63) is 18.0 Å². The predicted octanol–water partition coefficient (Wildman–Crippen LogP) is 1.52. The monoisotopic (exact) mass is 462 g/mol. The Labute approximate surface area is 167 Å². The van der Waals surface area contributed by atoms with Gasteiger partial charge in [0.1, 0.15) is 0 Å². The number of hydrogen-bond acceptors (Lipinski definition) is 3. The van der Waals surface area contributed by atoms with Crippen LogP contribution in [-0.2, 0) is 18.3 Å². The topological polar surface area (TPSA) is 88.5 Å². The molecule has 142 valence electrons. The number of aliphatic imine (C=N–C) groups is 1. The SMILES string of the molecule is CCNC(=NCCCc1cnn(C)c1)N1CCCC(CC(N)=O)C1.I. The van der Waals surface area contributed by atoms with Crippen LogP contribution in [0.4, 0.5) is 0 Å². The summed E-state index contributed by atoms with van der Waals surface area (Å²) in [4.78, 5) is 18.2. The van der Waals surface area contributed by atoms with Crippen LogP contribution in [0.15, 0.2) is 17.4 Å². The fourth-order valence-corrected chi connectivity index (χ4v) is 3.20. The third kappa shape index (κ3) is 7.62. The molecule has 0 aromatic carbocycles. The summed E-state index contributed by atoms with van der Waals surface area (Å²) in [5.41, 5.74) is 6.60. The van der Waals surface area contributed by atoms with E-state index in [-0.39, 0.29) is 29.9 Å². The summed E-state index contributed by atoms with van der Waals surface area (Å²) < 4.78 is 1.83. The van der Waals surface area contributed by atoms with E-state index in [9.17, 15) is 4.79 Å². The van der Waals surface area contributed by atoms with E-state index >= 15 is 0 Å². The average molecular weight is 462 g/mol. The largest absolute Gasteiger partial charge is 0.370 e. The van der Waals surface area contributed by atoms with Crippen molar-refractivity contribution in [3.63, 3.8) is 0 Å². The van der Waals surface area contributed by atoms with Crippen molar-refractivity contribution in [1.82, 2.24) is 20.0 Å². The minimum atomic E-state index is -0.208. The molecule has 0 spiro atoms. The summed E-state index contributed by atoms with van der Waals surface area (Å²) in [5, 5.41) is 7.56. The second-order valence-electron chi connectivity index (χ2n) is 6.49. The van der Waals surface area contributed by atoms with Crippen LogP contribution in [0.5, 0.6) is 0 Å². The van der Waals surface area contributed by atoms with Gasteiger partial charge in [-0.2, -0.15) is 5.10 Å². The zero-order chi connectivity index (χ0) is 17.4. The molecule has 8 heteroatoms. The van der Waals surface area contributed by atoms with Gasteiger partial charge >= 0.3 is 0 Å². The molecule has 2 heterocycles. The van der Waals surface area contributed by atoms with Crippen molar-refractivity contribution in [1.29, 1.82) is 0 Å². The maximum absolute atomic E-state index is 11.2. The number of aromatic nitrogens is 2. The Hall–Kier alpha value is -1.32. The first-order valence-electron chi connectivity index (χ1n) is 8.87. The number of amides is 1. The number of primary amides is 1. The number of guanidine groups is 1. The molecule has 1 amide bonds. The van der Waals surface area contributed by atoms with Crippen LogP contribution in [0.3, 0.4) is 0 Å². The van der Waals surface area contributed by atoms with Gasteiger partial charge in [0, 0.05) is 45.8 Å². The molecule has 0 bridgehead atoms. The number of rotatable bonds is 7. The number of carbonyl (C=O) groups is 1. The highest BCUT2D eigenvalue weighted by Crippen LogP contribution is 2.19. The number of nitrogens with two attached hydrogens (primary N) is 1. The van der Waals surface area contributed by atoms with Crippen molar-refractivity contribution < 1.29 is 4.79 Å². The lowest BCUT2D eigenvalue weighted by molar-refractivity contribution is -0.119. The second kappa shape index (κ2) is 11.3. The molecule has 0 aliphatic carbocycles. The van der Waals surface area contributed by atoms with Gasteiger partial charge in [-0.05, 0) is 44.1 Å². The van der Waals surface area contributed by atoms with Gasteiger partial charge in [0.15, 0.2) is 5.96 Å². The molecule has 1 aliphatic heterocycles. The van der Waals surface area contributed by atoms with Crippen LogP contribution in [-0.4, -0.2) is 52.7 Å². The lowest BCUT2D eigenvalue weighted by Gasteiger charge is -2.34. The molecule has 1 saturated heterocycles. The highest BCUT2D eigenvalue weighted by Gasteiger charge is 2.23. The fourth-order valence-electron chi connectivity index (χ4n) is 3.20. The number of halogens is 1. The third-order valence-corrected chi connectivity index (χ3v) is 4.29. The normalized spacial score (nSPS) is 17.9. The van der Waals surface area contributed by atoms with E-state index < -0.39 is 0 Å². The zero-order valence-electron chi connectivity index (χ0n) is 15.3. The fraction of sp³-hybridized carbons (Fsp3) is 0.706. The van der Waals surface area contributed by atoms with Gasteiger partial charge in [-0.25, -0.2) is 0 Å². The van der Waals surface area contributed by atoms with Crippen molar-refractivity contribution in [3.8, 4) is 0 Å². The van der Waals surface area contributed by atoms with Crippen molar-refractivity contribution in [2.45, 2.75) is 39.0 Å². The van der Waals surface area contributed by atoms with Gasteiger partial charge < -0.3 is 16.0 Å². The Morgan fingerprint density at radius 3 is 2.96 bits per heavy atom. The smallest absolute Gasteiger partial charge is 0.217 e. The first kappa shape index (κ1) is 21.7. The van der Waals surface area contributed by atoms with Crippen LogP contribution in [0.2, 0.25) is 0 Å². The van der Waals surface area contributed by atoms with Gasteiger partial charge in [0.25, 0.3) is 0 Å². The molecule has 25 heavy (non-hydrogen) atoms. The van der Waals surface area contributed by atoms with Crippen molar-refractivity contribution in [2.75, 3.05) is 26.2 Å². The molecule has 1 fully saturated rings. The number of nitrogens with zero attached hydrogens (tertiary/aromatic N) is 4. The molecule has 1 aromatic rings. The number of aryl methyl sites for hydroxylation is 2. The molecule has 1 aromatic heterocycles. The Morgan fingerprint density at radius 2 is 2.32 bits per heavy atom. The van der Waals surface area contributed by atoms with Gasteiger partial charge in [0.2, 0.25) is 5.91 Å². The van der Waals surface area contributed by atoms with Gasteiger partial charge in [-0.3, -0.25) is 14.5 Å². The molecule has 3 N–H and O–H groups in total. The minimum Gasteiger partial charge on any atom is -0.370 e. The van der Waals surface area contributed by atoms with Crippen LogP contribution in [0, 0.1) is 5.92 Å². The molecule has 2 rings (SSSR count). The van der Waals surface area contributed by atoms with Gasteiger partial charge in [-0.15, -0.1) is 24.0 Å². The minimum absolute atomic E-state index is 0. The number of likely N-dealkylation sites (tertiary alicyclic amines) is 1. The summed E-state index contributed by atoms with van der Waals surface area (Å²) >= 11 is 0. The molecule has 0 saturated carbocycles. The predicted molar refractivity (Wildman–Crippen MR) is 111 cm³/mol. The van der Waals surface area contributed by atoms with Gasteiger partial charge in [-0.1, -0.05) is 0 Å². The summed E-state index contributed by atoms with van der Waals surface area (Å²) in [5.74, 6) is 1.09. The van der Waals surface area contributed by atoms with E-state index in [0.717, 1.165) is 57.8 Å². The van der Waals surface area contributed by atoms with Gasteiger partial charge in [0.05, 0.1) is 6.20 Å². The Kier molecular flexibility index (Phi) is 9.84. The maximum atomic E-state index is 11.2. The zero-order valence-corrected chi connectivity index (χ0v) is 17.6. The van der Waals surface area contributed by atoms with E-state index in [0.29, 0.717) is 12.3 Å². The summed E-state index contributed by atoms with van der Waals surface area (Å²) in [6, 6.07) is 0. The first-order chi connectivity index (χ1) is 11.6. The Bertz CT molecular complexity index is 559. The number of hydrogen-bond donors (Lipinski definition) is 2. The van der Waals surface area contributed by atoms with Crippen LogP contribution < -0.4 is 11.1 Å². The molecule has 7 nitrogen and oxygen atoms in total. The highest BCUT2D eigenvalue weighted by atomic mass is 127. The Morgan fingerprint density at radius 1 is 1.52 bits per heavy atom. The third-order valence-electron chi connectivity index (χ3n) is 4.29. The van der Waals surface area contributed by atoms with E-state index in [4.69, 9.17) is 10.7 Å². The Balaban J connectivity index is 0.00000312.